The third-order valence-electron chi connectivity index (χ3n) is 5.60. The van der Waals surface area contributed by atoms with Crippen molar-refractivity contribution in [3.05, 3.63) is 11.3 Å². The van der Waals surface area contributed by atoms with E-state index in [4.69, 9.17) is 19.2 Å². The molecule has 5 atom stereocenters. The number of hydrogen-bond donors (Lipinski definition) is 0. The second-order valence-electron chi connectivity index (χ2n) is 6.93. The molecule has 4 fully saturated rings. The van der Waals surface area contributed by atoms with Crippen molar-refractivity contribution in [1.29, 1.82) is 0 Å². The highest BCUT2D eigenvalue weighted by atomic mass is 79.9. The third kappa shape index (κ3) is 2.21. The zero-order chi connectivity index (χ0) is 16.5. The van der Waals surface area contributed by atoms with Gasteiger partial charge in [0.05, 0.1) is 0 Å². The lowest BCUT2D eigenvalue weighted by atomic mass is 9.63. The van der Waals surface area contributed by atoms with Crippen molar-refractivity contribution in [1.82, 2.24) is 0 Å². The van der Waals surface area contributed by atoms with Gasteiger partial charge in [0.15, 0.2) is 5.60 Å². The van der Waals surface area contributed by atoms with Crippen molar-refractivity contribution in [2.45, 2.75) is 62.9 Å². The van der Waals surface area contributed by atoms with Crippen LogP contribution in [0.3, 0.4) is 0 Å². The summed E-state index contributed by atoms with van der Waals surface area (Å²) >= 11 is 3.21. The Balaban J connectivity index is 1.87. The molecule has 1 saturated carbocycles. The van der Waals surface area contributed by atoms with Crippen LogP contribution in [0, 0.1) is 11.8 Å². The molecule has 1 aliphatic carbocycles. The summed E-state index contributed by atoms with van der Waals surface area (Å²) in [4.78, 5) is 11.3. The number of alkyl halides is 4. The van der Waals surface area contributed by atoms with Gasteiger partial charge < -0.3 is 9.47 Å². The van der Waals surface area contributed by atoms with E-state index in [1.54, 1.807) is 6.92 Å². The average molecular weight is 399 g/mol. The Morgan fingerprint density at radius 2 is 2.00 bits per heavy atom. The van der Waals surface area contributed by atoms with Crippen molar-refractivity contribution < 1.29 is 32.4 Å². The number of fused-ring (bicyclic) bond motifs is 2. The van der Waals surface area contributed by atoms with E-state index in [2.05, 4.69) is 15.9 Å². The van der Waals surface area contributed by atoms with Crippen LogP contribution >= 0.6 is 15.9 Å². The Kier molecular flexibility index (Phi) is 3.58. The molecule has 5 aliphatic rings. The van der Waals surface area contributed by atoms with E-state index in [1.807, 2.05) is 0 Å². The molecule has 3 saturated heterocycles. The Hall–Kier alpha value is -0.310. The van der Waals surface area contributed by atoms with E-state index in [9.17, 15) is 13.2 Å². The number of halogens is 4. The number of ether oxygens (including phenoxy) is 2. The van der Waals surface area contributed by atoms with Gasteiger partial charge in [0, 0.05) is 17.7 Å². The summed E-state index contributed by atoms with van der Waals surface area (Å²) in [5, 5.41) is 0.0916. The SMILES string of the molecule is C[C@]12CCC3CCC[C@H]4C(CBr)=C(C(F)(F)F)OC(O1)[C@@]34OO2. The standard InChI is InChI=1S/C15H18BrF3O4/c1-13-6-5-8-3-2-4-10-9(7-16)11(15(17,18)19)20-12(21-13)14(8,10)23-22-13/h8,10,12H,2-7H2,1H3/t8?,10-,12?,13-,14+/m0/s1. The number of hydrogen-bond acceptors (Lipinski definition) is 4. The molecule has 0 amide bonds. The third-order valence-corrected chi connectivity index (χ3v) is 6.20. The van der Waals surface area contributed by atoms with E-state index in [1.165, 1.54) is 0 Å². The van der Waals surface area contributed by atoms with Crippen LogP contribution < -0.4 is 0 Å². The molecule has 0 aromatic heterocycles. The van der Waals surface area contributed by atoms with Crippen LogP contribution in [-0.2, 0) is 19.2 Å². The van der Waals surface area contributed by atoms with E-state index in [0.717, 1.165) is 19.3 Å². The molecule has 130 valence electrons. The van der Waals surface area contributed by atoms with E-state index in [-0.39, 0.29) is 16.8 Å². The normalized spacial score (nSPS) is 46.2. The second kappa shape index (κ2) is 5.09. The molecule has 5 rings (SSSR count). The minimum absolute atomic E-state index is 0.0689. The molecule has 2 bridgehead atoms. The molecule has 0 radical (unpaired) electrons. The van der Waals surface area contributed by atoms with E-state index < -0.39 is 35.5 Å². The fraction of sp³-hybridized carbons (Fsp3) is 0.867. The topological polar surface area (TPSA) is 36.9 Å². The molecule has 4 heterocycles. The van der Waals surface area contributed by atoms with Crippen LogP contribution in [0.25, 0.3) is 0 Å². The van der Waals surface area contributed by atoms with Crippen LogP contribution in [0.2, 0.25) is 0 Å². The predicted molar refractivity (Wildman–Crippen MR) is 76.2 cm³/mol. The maximum absolute atomic E-state index is 13.5. The van der Waals surface area contributed by atoms with Crippen LogP contribution in [0.5, 0.6) is 0 Å². The average Bonchev–Trinajstić information content (AvgIpc) is 2.71. The first-order chi connectivity index (χ1) is 10.8. The van der Waals surface area contributed by atoms with Crippen molar-refractivity contribution >= 4 is 15.9 Å². The molecular formula is C15H18BrF3O4. The summed E-state index contributed by atoms with van der Waals surface area (Å²) in [6.45, 7) is 1.69. The first kappa shape index (κ1) is 16.2. The molecule has 8 heteroatoms. The zero-order valence-electron chi connectivity index (χ0n) is 12.6. The maximum atomic E-state index is 13.5. The summed E-state index contributed by atoms with van der Waals surface area (Å²) in [5.74, 6) is -2.34. The van der Waals surface area contributed by atoms with Gasteiger partial charge in [-0.1, -0.05) is 22.4 Å². The molecule has 4 nitrogen and oxygen atoms in total. The zero-order valence-corrected chi connectivity index (χ0v) is 14.2. The highest BCUT2D eigenvalue weighted by Crippen LogP contribution is 2.60. The minimum Gasteiger partial charge on any atom is -0.456 e. The molecule has 4 aliphatic heterocycles. The minimum atomic E-state index is -4.55. The van der Waals surface area contributed by atoms with Gasteiger partial charge in [0.2, 0.25) is 17.8 Å². The van der Waals surface area contributed by atoms with E-state index >= 15 is 0 Å². The molecule has 23 heavy (non-hydrogen) atoms. The van der Waals surface area contributed by atoms with Crippen LogP contribution in [0.4, 0.5) is 13.2 Å². The van der Waals surface area contributed by atoms with Gasteiger partial charge in [-0.25, -0.2) is 9.78 Å². The lowest BCUT2D eigenvalue weighted by Gasteiger charge is -2.56. The first-order valence-electron chi connectivity index (χ1n) is 7.88. The lowest BCUT2D eigenvalue weighted by molar-refractivity contribution is -0.556. The largest absolute Gasteiger partial charge is 0.456 e. The Morgan fingerprint density at radius 1 is 1.22 bits per heavy atom. The highest BCUT2D eigenvalue weighted by molar-refractivity contribution is 9.09. The summed E-state index contributed by atoms with van der Waals surface area (Å²) in [5.41, 5.74) is -0.775. The predicted octanol–water partition coefficient (Wildman–Crippen LogP) is 4.20. The second-order valence-corrected chi connectivity index (χ2v) is 7.49. The van der Waals surface area contributed by atoms with Gasteiger partial charge in [-0.3, -0.25) is 0 Å². The quantitative estimate of drug-likeness (QED) is 0.490. The van der Waals surface area contributed by atoms with Gasteiger partial charge in [0.25, 0.3) is 0 Å². The fourth-order valence-corrected chi connectivity index (χ4v) is 5.18. The fourth-order valence-electron chi connectivity index (χ4n) is 4.54. The summed E-state index contributed by atoms with van der Waals surface area (Å²) in [7, 11) is 0. The van der Waals surface area contributed by atoms with Crippen LogP contribution in [0.1, 0.15) is 39.0 Å². The van der Waals surface area contributed by atoms with E-state index in [0.29, 0.717) is 12.8 Å². The molecule has 0 aromatic rings. The van der Waals surface area contributed by atoms with Gasteiger partial charge in [-0.15, -0.1) is 0 Å². The van der Waals surface area contributed by atoms with Crippen LogP contribution in [0.15, 0.2) is 11.3 Å². The molecule has 1 spiro atoms. The molecule has 2 unspecified atom stereocenters. The van der Waals surface area contributed by atoms with Gasteiger partial charge in [-0.05, 0) is 37.7 Å². The van der Waals surface area contributed by atoms with Gasteiger partial charge >= 0.3 is 6.18 Å². The van der Waals surface area contributed by atoms with Crippen LogP contribution in [-0.4, -0.2) is 29.2 Å². The van der Waals surface area contributed by atoms with Crippen molar-refractivity contribution in [3.63, 3.8) is 0 Å². The maximum Gasteiger partial charge on any atom is 0.449 e. The Bertz CT molecular complexity index is 551. The van der Waals surface area contributed by atoms with Crippen molar-refractivity contribution in [2.24, 2.45) is 11.8 Å². The Labute approximate surface area is 140 Å². The monoisotopic (exact) mass is 398 g/mol. The number of rotatable bonds is 1. The lowest BCUT2D eigenvalue weighted by Crippen LogP contribution is -2.66. The smallest absolute Gasteiger partial charge is 0.449 e. The summed E-state index contributed by atoms with van der Waals surface area (Å²) < 4.78 is 51.6. The van der Waals surface area contributed by atoms with Crippen molar-refractivity contribution in [2.75, 3.05) is 5.33 Å². The highest BCUT2D eigenvalue weighted by Gasteiger charge is 2.68. The molecular weight excluding hydrogens is 381 g/mol. The van der Waals surface area contributed by atoms with Crippen molar-refractivity contribution in [3.8, 4) is 0 Å². The Morgan fingerprint density at radius 3 is 2.70 bits per heavy atom. The molecule has 0 aromatic carbocycles. The molecule has 0 N–H and O–H groups in total. The first-order valence-corrected chi connectivity index (χ1v) is 9.00. The van der Waals surface area contributed by atoms with Gasteiger partial charge in [0.1, 0.15) is 0 Å². The summed E-state index contributed by atoms with van der Waals surface area (Å²) in [6.07, 6.45) is -1.89. The number of allylic oxidation sites excluding steroid dienone is 1. The summed E-state index contributed by atoms with van der Waals surface area (Å²) in [6, 6.07) is 0. The van der Waals surface area contributed by atoms with Gasteiger partial charge in [-0.2, -0.15) is 13.2 Å².